The van der Waals surface area contributed by atoms with Crippen LogP contribution in [0.4, 0.5) is 13.2 Å². The Morgan fingerprint density at radius 3 is 2.61 bits per heavy atom. The van der Waals surface area contributed by atoms with E-state index in [1.807, 2.05) is 0 Å². The van der Waals surface area contributed by atoms with Crippen LogP contribution in [-0.4, -0.2) is 20.2 Å². The van der Waals surface area contributed by atoms with Gasteiger partial charge in [0.1, 0.15) is 0 Å². The van der Waals surface area contributed by atoms with Crippen LogP contribution in [0.5, 0.6) is 0 Å². The Hall–Kier alpha value is -1.67. The highest BCUT2D eigenvalue weighted by atomic mass is 35.5. The molecule has 0 aliphatic heterocycles. The average molecular weight is 280 g/mol. The summed E-state index contributed by atoms with van der Waals surface area (Å²) in [4.78, 5) is 0. The van der Waals surface area contributed by atoms with Crippen molar-refractivity contribution in [1.82, 2.24) is 20.2 Å². The molecule has 18 heavy (non-hydrogen) atoms. The molecule has 1 aromatic carbocycles. The number of hydrogen-bond donors (Lipinski definition) is 1. The number of nitrogens with zero attached hydrogens (tertiary/aromatic N) is 4. The lowest BCUT2D eigenvalue weighted by Gasteiger charge is -2.08. The first-order valence-corrected chi connectivity index (χ1v) is 4.67. The third-order valence-electron chi connectivity index (χ3n) is 2.13. The minimum atomic E-state index is -4.40. The quantitative estimate of drug-likeness (QED) is 0.906. The van der Waals surface area contributed by atoms with E-state index < -0.39 is 11.7 Å². The fourth-order valence-corrected chi connectivity index (χ4v) is 1.35. The summed E-state index contributed by atoms with van der Waals surface area (Å²) in [6.07, 6.45) is -4.40. The SMILES string of the molecule is Cl.NCc1nnnn1-c1cccc(C(F)(F)F)c1. The standard InChI is InChI=1S/C9H8F3N5.ClH/c10-9(11,12)6-2-1-3-7(4-6)17-8(5-13)14-15-16-17;/h1-4H,5,13H2;1H. The van der Waals surface area contributed by atoms with Gasteiger partial charge in [0.05, 0.1) is 17.8 Å². The van der Waals surface area contributed by atoms with Crippen molar-refractivity contribution < 1.29 is 13.2 Å². The zero-order valence-electron chi connectivity index (χ0n) is 8.92. The van der Waals surface area contributed by atoms with E-state index in [0.717, 1.165) is 12.1 Å². The average Bonchev–Trinajstić information content (AvgIpc) is 2.76. The Labute approximate surface area is 106 Å². The molecule has 0 amide bonds. The summed E-state index contributed by atoms with van der Waals surface area (Å²) in [5.74, 6) is 0.296. The van der Waals surface area contributed by atoms with Gasteiger partial charge in [0.2, 0.25) is 0 Å². The molecule has 5 nitrogen and oxygen atoms in total. The Morgan fingerprint density at radius 2 is 2.00 bits per heavy atom. The number of hydrogen-bond acceptors (Lipinski definition) is 4. The van der Waals surface area contributed by atoms with E-state index in [0.29, 0.717) is 5.82 Å². The van der Waals surface area contributed by atoms with Gasteiger partial charge in [-0.25, -0.2) is 0 Å². The number of halogens is 4. The molecule has 0 aliphatic rings. The van der Waals surface area contributed by atoms with Crippen LogP contribution in [0.3, 0.4) is 0 Å². The highest BCUT2D eigenvalue weighted by molar-refractivity contribution is 5.85. The van der Waals surface area contributed by atoms with E-state index in [9.17, 15) is 13.2 Å². The second-order valence-corrected chi connectivity index (χ2v) is 3.26. The molecule has 0 saturated carbocycles. The second kappa shape index (κ2) is 5.32. The number of nitrogens with two attached hydrogens (primary N) is 1. The Morgan fingerprint density at radius 1 is 1.28 bits per heavy atom. The number of benzene rings is 1. The molecule has 0 unspecified atom stereocenters. The third-order valence-corrected chi connectivity index (χ3v) is 2.13. The van der Waals surface area contributed by atoms with E-state index in [4.69, 9.17) is 5.73 Å². The van der Waals surface area contributed by atoms with Crippen LogP contribution in [0.25, 0.3) is 5.69 Å². The fraction of sp³-hybridized carbons (Fsp3) is 0.222. The predicted molar refractivity (Wildman–Crippen MR) is 59.3 cm³/mol. The van der Waals surface area contributed by atoms with Gasteiger partial charge in [-0.3, -0.25) is 0 Å². The van der Waals surface area contributed by atoms with Crippen LogP contribution in [0.1, 0.15) is 11.4 Å². The molecule has 0 radical (unpaired) electrons. The van der Waals surface area contributed by atoms with Crippen LogP contribution in [0, 0.1) is 0 Å². The first-order valence-electron chi connectivity index (χ1n) is 4.67. The summed E-state index contributed by atoms with van der Waals surface area (Å²) >= 11 is 0. The molecule has 0 spiro atoms. The summed E-state index contributed by atoms with van der Waals surface area (Å²) in [6.45, 7) is 0.0449. The first-order chi connectivity index (χ1) is 8.02. The Bertz CT molecular complexity index is 525. The summed E-state index contributed by atoms with van der Waals surface area (Å²) < 4.78 is 38.7. The van der Waals surface area contributed by atoms with E-state index >= 15 is 0 Å². The van der Waals surface area contributed by atoms with Gasteiger partial charge in [0, 0.05) is 0 Å². The van der Waals surface area contributed by atoms with Crippen molar-refractivity contribution >= 4 is 12.4 Å². The summed E-state index contributed by atoms with van der Waals surface area (Å²) in [5, 5.41) is 10.6. The molecule has 0 aliphatic carbocycles. The fourth-order valence-electron chi connectivity index (χ4n) is 1.35. The molecule has 0 atom stereocenters. The molecular formula is C9H9ClF3N5. The van der Waals surface area contributed by atoms with Gasteiger partial charge in [0.25, 0.3) is 0 Å². The second-order valence-electron chi connectivity index (χ2n) is 3.26. The Balaban J connectivity index is 0.00000162. The summed E-state index contributed by atoms with van der Waals surface area (Å²) in [6, 6.07) is 4.72. The van der Waals surface area contributed by atoms with Gasteiger partial charge < -0.3 is 5.73 Å². The zero-order chi connectivity index (χ0) is 12.5. The Kier molecular flexibility index (Phi) is 4.25. The highest BCUT2D eigenvalue weighted by Gasteiger charge is 2.30. The topological polar surface area (TPSA) is 69.6 Å². The van der Waals surface area contributed by atoms with Crippen molar-refractivity contribution in [3.8, 4) is 5.69 Å². The molecule has 2 aromatic rings. The smallest absolute Gasteiger partial charge is 0.324 e. The lowest BCUT2D eigenvalue weighted by Crippen LogP contribution is -2.10. The van der Waals surface area contributed by atoms with Crippen molar-refractivity contribution in [2.45, 2.75) is 12.7 Å². The predicted octanol–water partition coefficient (Wildman–Crippen LogP) is 1.56. The molecule has 2 N–H and O–H groups in total. The van der Waals surface area contributed by atoms with E-state index in [1.54, 1.807) is 0 Å². The first kappa shape index (κ1) is 14.4. The normalized spacial score (nSPS) is 11.1. The summed E-state index contributed by atoms with van der Waals surface area (Å²) in [5.41, 5.74) is 4.84. The lowest BCUT2D eigenvalue weighted by atomic mass is 10.2. The number of rotatable bonds is 2. The molecule has 1 aromatic heterocycles. The number of aromatic nitrogens is 4. The largest absolute Gasteiger partial charge is 0.416 e. The number of tetrazole rings is 1. The van der Waals surface area contributed by atoms with Crippen molar-refractivity contribution in [2.24, 2.45) is 5.73 Å². The lowest BCUT2D eigenvalue weighted by molar-refractivity contribution is -0.137. The number of alkyl halides is 3. The van der Waals surface area contributed by atoms with Gasteiger partial charge in [-0.15, -0.1) is 17.5 Å². The highest BCUT2D eigenvalue weighted by Crippen LogP contribution is 2.30. The maximum Gasteiger partial charge on any atom is 0.416 e. The minimum absolute atomic E-state index is 0. The molecule has 9 heteroatoms. The molecule has 2 rings (SSSR count). The maximum absolute atomic E-state index is 12.5. The molecule has 98 valence electrons. The maximum atomic E-state index is 12.5. The van der Waals surface area contributed by atoms with Crippen LogP contribution >= 0.6 is 12.4 Å². The van der Waals surface area contributed by atoms with Crippen molar-refractivity contribution in [2.75, 3.05) is 0 Å². The van der Waals surface area contributed by atoms with Gasteiger partial charge in [-0.05, 0) is 28.6 Å². The zero-order valence-corrected chi connectivity index (χ0v) is 9.74. The molecule has 0 bridgehead atoms. The van der Waals surface area contributed by atoms with Crippen molar-refractivity contribution in [3.05, 3.63) is 35.7 Å². The van der Waals surface area contributed by atoms with Crippen LogP contribution in [0.2, 0.25) is 0 Å². The van der Waals surface area contributed by atoms with Crippen LogP contribution in [-0.2, 0) is 12.7 Å². The molecule has 0 fully saturated rings. The molecule has 0 saturated heterocycles. The van der Waals surface area contributed by atoms with Crippen LogP contribution < -0.4 is 5.73 Å². The van der Waals surface area contributed by atoms with E-state index in [1.165, 1.54) is 16.8 Å². The van der Waals surface area contributed by atoms with Gasteiger partial charge in [-0.2, -0.15) is 17.9 Å². The van der Waals surface area contributed by atoms with Crippen molar-refractivity contribution in [3.63, 3.8) is 0 Å². The molecular weight excluding hydrogens is 271 g/mol. The summed E-state index contributed by atoms with van der Waals surface area (Å²) in [7, 11) is 0. The van der Waals surface area contributed by atoms with E-state index in [-0.39, 0.29) is 24.6 Å². The minimum Gasteiger partial charge on any atom is -0.324 e. The van der Waals surface area contributed by atoms with Gasteiger partial charge >= 0.3 is 6.18 Å². The van der Waals surface area contributed by atoms with Gasteiger partial charge in [-0.1, -0.05) is 6.07 Å². The van der Waals surface area contributed by atoms with Crippen molar-refractivity contribution in [1.29, 1.82) is 0 Å². The van der Waals surface area contributed by atoms with Gasteiger partial charge in [0.15, 0.2) is 5.82 Å². The molecule has 1 heterocycles. The van der Waals surface area contributed by atoms with E-state index in [2.05, 4.69) is 15.5 Å². The monoisotopic (exact) mass is 279 g/mol. The third kappa shape index (κ3) is 2.77. The van der Waals surface area contributed by atoms with Crippen LogP contribution in [0.15, 0.2) is 24.3 Å².